The topological polar surface area (TPSA) is 42.1 Å². The molecule has 1 aliphatic heterocycles. The quantitative estimate of drug-likeness (QED) is 0.808. The van der Waals surface area contributed by atoms with Crippen LogP contribution in [0.25, 0.3) is 0 Å². The van der Waals surface area contributed by atoms with Gasteiger partial charge in [0.1, 0.15) is 0 Å². The normalized spacial score (nSPS) is 28.9. The summed E-state index contributed by atoms with van der Waals surface area (Å²) >= 11 is 1.51. The number of hydrogen-bond acceptors (Lipinski definition) is 4. The molecule has 78 valence electrons. The van der Waals surface area contributed by atoms with Crippen LogP contribution in [0.1, 0.15) is 31.9 Å². The first-order chi connectivity index (χ1) is 6.70. The standard InChI is InChI=1S/C10H17N3S/c1-7(2)13-4-3-9(11)10(13)8-5-12-14-6-8/h5-7,9-10H,3-4,11H2,1-2H3/t9-,10+/m0/s1. The van der Waals surface area contributed by atoms with Gasteiger partial charge in [-0.3, -0.25) is 4.90 Å². The van der Waals surface area contributed by atoms with E-state index in [2.05, 4.69) is 28.5 Å². The van der Waals surface area contributed by atoms with E-state index in [1.165, 1.54) is 17.1 Å². The van der Waals surface area contributed by atoms with Gasteiger partial charge >= 0.3 is 0 Å². The molecule has 1 aliphatic rings. The Morgan fingerprint density at radius 1 is 1.64 bits per heavy atom. The van der Waals surface area contributed by atoms with Crippen molar-refractivity contribution in [2.75, 3.05) is 6.54 Å². The molecule has 0 spiro atoms. The zero-order chi connectivity index (χ0) is 10.1. The zero-order valence-electron chi connectivity index (χ0n) is 8.68. The Morgan fingerprint density at radius 2 is 2.43 bits per heavy atom. The van der Waals surface area contributed by atoms with Gasteiger partial charge in [0.2, 0.25) is 0 Å². The minimum atomic E-state index is 0.272. The Kier molecular flexibility index (Phi) is 2.85. The summed E-state index contributed by atoms with van der Waals surface area (Å²) in [7, 11) is 0. The van der Waals surface area contributed by atoms with Crippen molar-refractivity contribution < 1.29 is 0 Å². The van der Waals surface area contributed by atoms with Crippen LogP contribution in [0.2, 0.25) is 0 Å². The van der Waals surface area contributed by atoms with E-state index in [1.807, 2.05) is 6.20 Å². The highest BCUT2D eigenvalue weighted by Gasteiger charge is 2.34. The van der Waals surface area contributed by atoms with Crippen LogP contribution in [0.5, 0.6) is 0 Å². The molecule has 1 saturated heterocycles. The van der Waals surface area contributed by atoms with Crippen molar-refractivity contribution in [1.82, 2.24) is 9.27 Å². The van der Waals surface area contributed by atoms with Gasteiger partial charge in [-0.25, -0.2) is 4.37 Å². The van der Waals surface area contributed by atoms with Crippen molar-refractivity contribution in [3.05, 3.63) is 17.1 Å². The molecule has 0 aliphatic carbocycles. The monoisotopic (exact) mass is 211 g/mol. The van der Waals surface area contributed by atoms with Crippen LogP contribution in [-0.2, 0) is 0 Å². The molecular formula is C10H17N3S. The smallest absolute Gasteiger partial charge is 0.0526 e. The van der Waals surface area contributed by atoms with Crippen LogP contribution in [0.3, 0.4) is 0 Å². The molecule has 0 saturated carbocycles. The second-order valence-corrected chi connectivity index (χ2v) is 4.84. The van der Waals surface area contributed by atoms with Crippen LogP contribution < -0.4 is 5.73 Å². The summed E-state index contributed by atoms with van der Waals surface area (Å²) in [5.41, 5.74) is 7.42. The van der Waals surface area contributed by atoms with E-state index in [4.69, 9.17) is 5.73 Å². The van der Waals surface area contributed by atoms with Gasteiger partial charge in [-0.05, 0) is 31.8 Å². The van der Waals surface area contributed by atoms with Crippen molar-refractivity contribution in [3.8, 4) is 0 Å². The third kappa shape index (κ3) is 1.69. The molecule has 0 amide bonds. The van der Waals surface area contributed by atoms with Crippen molar-refractivity contribution >= 4 is 11.5 Å². The summed E-state index contributed by atoms with van der Waals surface area (Å²) < 4.78 is 4.15. The fraction of sp³-hybridized carbons (Fsp3) is 0.700. The van der Waals surface area contributed by atoms with Crippen molar-refractivity contribution in [2.24, 2.45) is 5.73 Å². The Bertz CT molecular complexity index is 284. The summed E-state index contributed by atoms with van der Waals surface area (Å²) in [6, 6.07) is 1.22. The van der Waals surface area contributed by atoms with Crippen LogP contribution in [0, 0.1) is 0 Å². The lowest BCUT2D eigenvalue weighted by atomic mass is 10.0. The molecule has 0 aromatic carbocycles. The van der Waals surface area contributed by atoms with E-state index in [0.29, 0.717) is 12.1 Å². The van der Waals surface area contributed by atoms with Crippen molar-refractivity contribution in [1.29, 1.82) is 0 Å². The molecule has 2 rings (SSSR count). The molecule has 4 heteroatoms. The third-order valence-electron chi connectivity index (χ3n) is 2.94. The van der Waals surface area contributed by atoms with Crippen molar-refractivity contribution in [3.63, 3.8) is 0 Å². The lowest BCUT2D eigenvalue weighted by molar-refractivity contribution is 0.198. The number of hydrogen-bond donors (Lipinski definition) is 1. The highest BCUT2D eigenvalue weighted by Crippen LogP contribution is 2.32. The number of likely N-dealkylation sites (tertiary alicyclic amines) is 1. The van der Waals surface area contributed by atoms with Crippen molar-refractivity contribution in [2.45, 2.75) is 38.4 Å². The second-order valence-electron chi connectivity index (χ2n) is 4.19. The molecule has 3 nitrogen and oxygen atoms in total. The summed E-state index contributed by atoms with van der Waals surface area (Å²) in [6.45, 7) is 5.56. The minimum absolute atomic E-state index is 0.272. The fourth-order valence-corrected chi connectivity index (χ4v) is 2.78. The predicted molar refractivity (Wildman–Crippen MR) is 59.3 cm³/mol. The molecule has 2 heterocycles. The number of nitrogens with zero attached hydrogens (tertiary/aromatic N) is 2. The predicted octanol–water partition coefficient (Wildman–Crippen LogP) is 1.63. The zero-order valence-corrected chi connectivity index (χ0v) is 9.50. The minimum Gasteiger partial charge on any atom is -0.326 e. The van der Waals surface area contributed by atoms with Crippen LogP contribution >= 0.6 is 11.5 Å². The van der Waals surface area contributed by atoms with E-state index in [1.54, 1.807) is 0 Å². The first-order valence-corrected chi connectivity index (χ1v) is 5.94. The second kappa shape index (κ2) is 3.96. The van der Waals surface area contributed by atoms with Crippen LogP contribution in [-0.4, -0.2) is 27.9 Å². The average Bonchev–Trinajstić information content (AvgIpc) is 2.71. The number of aromatic nitrogens is 1. The number of nitrogens with two attached hydrogens (primary N) is 1. The van der Waals surface area contributed by atoms with E-state index in [9.17, 15) is 0 Å². The van der Waals surface area contributed by atoms with Gasteiger partial charge in [0.25, 0.3) is 0 Å². The Morgan fingerprint density at radius 3 is 3.00 bits per heavy atom. The van der Waals surface area contributed by atoms with E-state index < -0.39 is 0 Å². The summed E-state index contributed by atoms with van der Waals surface area (Å²) in [6.07, 6.45) is 3.05. The van der Waals surface area contributed by atoms with Gasteiger partial charge in [0, 0.05) is 35.8 Å². The first kappa shape index (κ1) is 10.1. The largest absolute Gasteiger partial charge is 0.326 e. The number of rotatable bonds is 2. The molecule has 1 aromatic heterocycles. The molecule has 1 fully saturated rings. The Labute approximate surface area is 89.1 Å². The summed E-state index contributed by atoms with van der Waals surface area (Å²) in [5, 5.41) is 2.12. The average molecular weight is 211 g/mol. The molecule has 0 bridgehead atoms. The maximum absolute atomic E-state index is 6.13. The molecule has 2 atom stereocenters. The maximum atomic E-state index is 6.13. The van der Waals surface area contributed by atoms with Gasteiger partial charge in [0.05, 0.1) is 6.04 Å². The van der Waals surface area contributed by atoms with E-state index in [0.717, 1.165) is 13.0 Å². The Balaban J connectivity index is 2.22. The SMILES string of the molecule is CC(C)N1CC[C@H](N)[C@H]1c1cnsc1. The lowest BCUT2D eigenvalue weighted by Gasteiger charge is -2.29. The molecule has 2 N–H and O–H groups in total. The van der Waals surface area contributed by atoms with Gasteiger partial charge in [-0.15, -0.1) is 0 Å². The first-order valence-electron chi connectivity index (χ1n) is 5.10. The molecule has 14 heavy (non-hydrogen) atoms. The molecular weight excluding hydrogens is 194 g/mol. The van der Waals surface area contributed by atoms with Gasteiger partial charge in [0.15, 0.2) is 0 Å². The highest BCUT2D eigenvalue weighted by molar-refractivity contribution is 7.03. The van der Waals surface area contributed by atoms with E-state index >= 15 is 0 Å². The third-order valence-corrected chi connectivity index (χ3v) is 3.54. The van der Waals surface area contributed by atoms with Gasteiger partial charge in [-0.2, -0.15) is 0 Å². The Hall–Kier alpha value is -0.450. The van der Waals surface area contributed by atoms with Crippen LogP contribution in [0.4, 0.5) is 0 Å². The van der Waals surface area contributed by atoms with E-state index in [-0.39, 0.29) is 6.04 Å². The van der Waals surface area contributed by atoms with Gasteiger partial charge in [-0.1, -0.05) is 0 Å². The fourth-order valence-electron chi connectivity index (χ4n) is 2.22. The van der Waals surface area contributed by atoms with Crippen LogP contribution in [0.15, 0.2) is 11.6 Å². The van der Waals surface area contributed by atoms with Gasteiger partial charge < -0.3 is 5.73 Å². The summed E-state index contributed by atoms with van der Waals surface area (Å²) in [5.74, 6) is 0. The maximum Gasteiger partial charge on any atom is 0.0526 e. The lowest BCUT2D eigenvalue weighted by Crippen LogP contribution is -2.35. The summed E-state index contributed by atoms with van der Waals surface area (Å²) in [4.78, 5) is 2.47. The molecule has 1 aromatic rings. The molecule has 0 unspecified atom stereocenters. The highest BCUT2D eigenvalue weighted by atomic mass is 32.1. The molecule has 0 radical (unpaired) electrons.